The van der Waals surface area contributed by atoms with Gasteiger partial charge in [0.15, 0.2) is 0 Å². The number of fused-ring (bicyclic) bond motifs is 1. The number of aliphatic imine (C=N–C) groups is 1. The third-order valence-electron chi connectivity index (χ3n) is 2.83. The summed E-state index contributed by atoms with van der Waals surface area (Å²) in [4.78, 5) is 5.42. The van der Waals surface area contributed by atoms with E-state index in [0.29, 0.717) is 0 Å². The second kappa shape index (κ2) is 9.12. The van der Waals surface area contributed by atoms with E-state index in [-0.39, 0.29) is 160 Å². The van der Waals surface area contributed by atoms with E-state index in [1.807, 2.05) is 12.1 Å². The molecule has 0 bridgehead atoms. The molecule has 16 heavy (non-hydrogen) atoms. The van der Waals surface area contributed by atoms with Gasteiger partial charge in [-0.2, -0.15) is 4.90 Å². The predicted molar refractivity (Wildman–Crippen MR) is 57.9 cm³/mol. The van der Waals surface area contributed by atoms with Crippen LogP contribution in [-0.2, 0) is 18.0 Å². The standard InChI is InChI=1S/C11H13NS.3K/c1-7-11(2,3)9-6-8(13)4-5-10(9)12-7;;;/h4-6,13H,1-3H3;;;/q;3*+1/p-1. The van der Waals surface area contributed by atoms with Gasteiger partial charge in [0.1, 0.15) is 0 Å². The van der Waals surface area contributed by atoms with E-state index in [4.69, 9.17) is 12.6 Å². The van der Waals surface area contributed by atoms with Crippen molar-refractivity contribution in [3.8, 4) is 0 Å². The van der Waals surface area contributed by atoms with Gasteiger partial charge in [-0.3, -0.25) is 4.99 Å². The van der Waals surface area contributed by atoms with Crippen LogP contribution in [0.4, 0.5) is 5.69 Å². The Balaban J connectivity index is 0. The topological polar surface area (TPSA) is 12.4 Å². The monoisotopic (exact) mass is 307 g/mol. The van der Waals surface area contributed by atoms with E-state index in [0.717, 1.165) is 10.6 Å². The largest absolute Gasteiger partial charge is 1.00 e. The molecule has 0 atom stereocenters. The van der Waals surface area contributed by atoms with Crippen LogP contribution < -0.4 is 154 Å². The molecule has 0 spiro atoms. The van der Waals surface area contributed by atoms with E-state index in [1.54, 1.807) is 0 Å². The fourth-order valence-corrected chi connectivity index (χ4v) is 1.81. The van der Waals surface area contributed by atoms with Gasteiger partial charge in [-0.1, -0.05) is 26.0 Å². The minimum atomic E-state index is 0. The van der Waals surface area contributed by atoms with Gasteiger partial charge in [-0.05, 0) is 18.6 Å². The van der Waals surface area contributed by atoms with Crippen molar-refractivity contribution in [3.05, 3.63) is 23.8 Å². The first kappa shape index (κ1) is 22.3. The third-order valence-corrected chi connectivity index (χ3v) is 3.09. The van der Waals surface area contributed by atoms with Crippen LogP contribution in [0, 0.1) is 0 Å². The van der Waals surface area contributed by atoms with Crippen LogP contribution in [0.1, 0.15) is 26.3 Å². The van der Waals surface area contributed by atoms with E-state index in [2.05, 4.69) is 31.8 Å². The van der Waals surface area contributed by atoms with Crippen LogP contribution in [0.5, 0.6) is 0 Å². The molecule has 1 aromatic rings. The summed E-state index contributed by atoms with van der Waals surface area (Å²) in [6, 6.07) is 6.01. The van der Waals surface area contributed by atoms with E-state index < -0.39 is 0 Å². The van der Waals surface area contributed by atoms with Crippen LogP contribution in [0.2, 0.25) is 0 Å². The quantitative estimate of drug-likeness (QED) is 0.343. The van der Waals surface area contributed by atoms with Crippen LogP contribution >= 0.6 is 0 Å². The molecule has 1 nitrogen and oxygen atoms in total. The van der Waals surface area contributed by atoms with E-state index >= 15 is 0 Å². The van der Waals surface area contributed by atoms with Gasteiger partial charge in [-0.15, -0.1) is 0 Å². The van der Waals surface area contributed by atoms with Gasteiger partial charge in [-0.25, -0.2) is 0 Å². The van der Waals surface area contributed by atoms with Gasteiger partial charge < -0.3 is 12.6 Å². The smallest absolute Gasteiger partial charge is 0.780 e. The maximum Gasteiger partial charge on any atom is 1.00 e. The van der Waals surface area contributed by atoms with Crippen LogP contribution in [0.3, 0.4) is 0 Å². The first-order valence-electron chi connectivity index (χ1n) is 4.39. The Labute approximate surface area is 231 Å². The summed E-state index contributed by atoms with van der Waals surface area (Å²) in [6.07, 6.45) is 0. The summed E-state index contributed by atoms with van der Waals surface area (Å²) in [6.45, 7) is 6.45. The van der Waals surface area contributed by atoms with Crippen molar-refractivity contribution < 1.29 is 154 Å². The molecule has 0 saturated carbocycles. The minimum Gasteiger partial charge on any atom is -0.780 e. The maximum absolute atomic E-state index is 5.14. The number of benzene rings is 1. The molecule has 0 amide bonds. The van der Waals surface area contributed by atoms with Crippen molar-refractivity contribution in [1.82, 2.24) is 0 Å². The Hall–Kier alpha value is 4.02. The summed E-state index contributed by atoms with van der Waals surface area (Å²) < 4.78 is 0. The fraction of sp³-hybridized carbons (Fsp3) is 0.364. The molecule has 0 saturated heterocycles. The minimum absolute atomic E-state index is 0. The summed E-state index contributed by atoms with van der Waals surface area (Å²) in [5, 5.41) is 0. The predicted octanol–water partition coefficient (Wildman–Crippen LogP) is -6.01. The van der Waals surface area contributed by atoms with Gasteiger partial charge >= 0.3 is 154 Å². The molecule has 1 aromatic carbocycles. The number of hydrogen-bond donors (Lipinski definition) is 0. The Kier molecular flexibility index (Phi) is 12.7. The van der Waals surface area contributed by atoms with Crippen LogP contribution in [-0.4, -0.2) is 5.71 Å². The molecule has 68 valence electrons. The Bertz CT molecular complexity index is 402. The Morgan fingerprint density at radius 2 is 1.69 bits per heavy atom. The van der Waals surface area contributed by atoms with Gasteiger partial charge in [0.25, 0.3) is 0 Å². The first-order chi connectivity index (χ1) is 6.01. The zero-order chi connectivity index (χ0) is 9.64. The second-order valence-electron chi connectivity index (χ2n) is 4.00. The second-order valence-corrected chi connectivity index (χ2v) is 4.47. The summed E-state index contributed by atoms with van der Waals surface area (Å²) in [7, 11) is 0. The first-order valence-corrected chi connectivity index (χ1v) is 4.80. The molecule has 0 fully saturated rings. The fourth-order valence-electron chi connectivity index (χ4n) is 1.63. The number of rotatable bonds is 0. The summed E-state index contributed by atoms with van der Waals surface area (Å²) >= 11 is 5.14. The van der Waals surface area contributed by atoms with Crippen LogP contribution in [0.25, 0.3) is 0 Å². The van der Waals surface area contributed by atoms with Crippen molar-refractivity contribution in [1.29, 1.82) is 0 Å². The summed E-state index contributed by atoms with van der Waals surface area (Å²) in [5.74, 6) is 0. The van der Waals surface area contributed by atoms with Crippen molar-refractivity contribution in [2.45, 2.75) is 31.1 Å². The van der Waals surface area contributed by atoms with E-state index in [1.165, 1.54) is 11.3 Å². The molecule has 1 aliphatic rings. The van der Waals surface area contributed by atoms with Crippen molar-refractivity contribution >= 4 is 24.0 Å². The normalized spacial score (nSPS) is 14.8. The van der Waals surface area contributed by atoms with Crippen LogP contribution in [0.15, 0.2) is 28.1 Å². The van der Waals surface area contributed by atoms with Crippen molar-refractivity contribution in [2.24, 2.45) is 4.99 Å². The molecule has 1 heterocycles. The van der Waals surface area contributed by atoms with Crippen molar-refractivity contribution in [3.63, 3.8) is 0 Å². The summed E-state index contributed by atoms with van der Waals surface area (Å²) in [5.41, 5.74) is 3.57. The number of nitrogens with zero attached hydrogens (tertiary/aromatic N) is 1. The average Bonchev–Trinajstić information content (AvgIpc) is 2.27. The molecule has 0 aliphatic carbocycles. The van der Waals surface area contributed by atoms with E-state index in [9.17, 15) is 0 Å². The van der Waals surface area contributed by atoms with Crippen molar-refractivity contribution in [2.75, 3.05) is 0 Å². The Morgan fingerprint density at radius 1 is 1.12 bits per heavy atom. The molecule has 0 N–H and O–H groups in total. The molecule has 0 radical (unpaired) electrons. The molecule has 0 unspecified atom stereocenters. The zero-order valence-corrected chi connectivity index (χ0v) is 21.3. The maximum atomic E-state index is 5.14. The van der Waals surface area contributed by atoms with Gasteiger partial charge in [0.2, 0.25) is 0 Å². The molecular formula is C11H12K3NS+2. The van der Waals surface area contributed by atoms with Gasteiger partial charge in [0.05, 0.1) is 5.69 Å². The zero-order valence-electron chi connectivity index (χ0n) is 11.1. The molecule has 0 aromatic heterocycles. The number of hydrogen-bond acceptors (Lipinski definition) is 2. The SMILES string of the molecule is CC1=Nc2ccc([S-])cc2C1(C)C.[K+].[K+].[K+]. The molecule has 1 aliphatic heterocycles. The molecular weight excluding hydrogens is 295 g/mol. The molecule has 5 heteroatoms. The third kappa shape index (κ3) is 4.79. The Morgan fingerprint density at radius 3 is 2.25 bits per heavy atom. The average molecular weight is 308 g/mol. The van der Waals surface area contributed by atoms with Gasteiger partial charge in [0, 0.05) is 11.1 Å². The molecule has 2 rings (SSSR count).